The van der Waals surface area contributed by atoms with Crippen molar-refractivity contribution in [3.05, 3.63) is 61.7 Å². The van der Waals surface area contributed by atoms with Crippen LogP contribution >= 0.6 is 45.2 Å². The van der Waals surface area contributed by atoms with Gasteiger partial charge in [-0.15, -0.1) is 0 Å². The molecule has 0 saturated carbocycles. The number of hydrazine groups is 1. The predicted octanol–water partition coefficient (Wildman–Crippen LogP) is 10.2. The van der Waals surface area contributed by atoms with E-state index in [4.69, 9.17) is 27.9 Å². The van der Waals surface area contributed by atoms with Crippen molar-refractivity contribution in [3.63, 3.8) is 0 Å². The van der Waals surface area contributed by atoms with E-state index in [1.54, 1.807) is 0 Å². The lowest BCUT2D eigenvalue weighted by Crippen LogP contribution is -2.63. The second-order valence-electron chi connectivity index (χ2n) is 22.6. The van der Waals surface area contributed by atoms with Crippen molar-refractivity contribution in [2.45, 2.75) is 212 Å². The van der Waals surface area contributed by atoms with E-state index < -0.39 is 86.5 Å². The third-order valence-electron chi connectivity index (χ3n) is 15.5. The Labute approximate surface area is 453 Å². The van der Waals surface area contributed by atoms with Crippen molar-refractivity contribution in [2.24, 2.45) is 17.8 Å². The highest BCUT2D eigenvalue weighted by atomic mass is 127. The minimum Gasteiger partial charge on any atom is -0.543 e. The molecule has 4 aliphatic rings. The normalized spacial score (nSPS) is 27.1. The first-order valence-corrected chi connectivity index (χ1v) is 30.4. The van der Waals surface area contributed by atoms with Gasteiger partial charge in [-0.2, -0.15) is 0 Å². The Kier molecular flexibility index (Phi) is 21.0. The summed E-state index contributed by atoms with van der Waals surface area (Å²) in [6.45, 7) is 31.3. The molecule has 0 aromatic heterocycles. The van der Waals surface area contributed by atoms with Gasteiger partial charge in [0.05, 0.1) is 29.3 Å². The van der Waals surface area contributed by atoms with Gasteiger partial charge >= 0.3 is 13.1 Å². The highest BCUT2D eigenvalue weighted by Gasteiger charge is 2.53. The average molecular weight is 1230 g/mol. The molecule has 71 heavy (non-hydrogen) atoms. The van der Waals surface area contributed by atoms with Gasteiger partial charge in [-0.1, -0.05) is 132 Å². The van der Waals surface area contributed by atoms with Crippen molar-refractivity contribution >= 4 is 84.3 Å². The standard InChI is InChI=1S/C53H83BI2N4O10Si/c1-32(2)45(58-47(61)40-23-25-53(15)66-44(24-27-55)37(10)46(40)67-53)48(62)57-42(30-38-19-16-20-39(29-38)68-71(33(3)4,34(5)6)35(7)8)49(63)60-28-18-21-41(59-60)50(64)65-43(36(9)31-56)22-17-26-54-69-51(11,12)52(13,14)70-54/h16-17,19-20,24,26-27,29,31-35,37,40-46,59H,18,21-23,25,28,30H2,1-15H3,(H,57,62)(H,58,61)/b26-17+,27-24+,36-31+. The summed E-state index contributed by atoms with van der Waals surface area (Å²) in [4.78, 5) is 57.9. The molecule has 4 fully saturated rings. The van der Waals surface area contributed by atoms with Gasteiger partial charge in [0.15, 0.2) is 5.79 Å². The molecule has 9 atom stereocenters. The maximum atomic E-state index is 15.0. The van der Waals surface area contributed by atoms with Gasteiger partial charge in [0, 0.05) is 31.7 Å². The number of rotatable bonds is 20. The number of hydrogen-bond acceptors (Lipinski definition) is 11. The topological polar surface area (TPSA) is 163 Å². The van der Waals surface area contributed by atoms with Crippen LogP contribution in [0.3, 0.4) is 0 Å². The quantitative estimate of drug-likeness (QED) is 0.0647. The molecule has 9 unspecified atom stereocenters. The van der Waals surface area contributed by atoms with E-state index in [1.807, 2.05) is 113 Å². The first-order chi connectivity index (χ1) is 33.2. The highest BCUT2D eigenvalue weighted by Crippen LogP contribution is 2.45. The van der Waals surface area contributed by atoms with Crippen molar-refractivity contribution in [1.29, 1.82) is 0 Å². The molecule has 2 bridgehead atoms. The molecule has 396 valence electrons. The summed E-state index contributed by atoms with van der Waals surface area (Å²) in [7, 11) is -2.86. The third-order valence-corrected chi connectivity index (χ3v) is 22.9. The molecule has 0 radical (unpaired) electrons. The summed E-state index contributed by atoms with van der Waals surface area (Å²) in [5.41, 5.74) is 4.91. The van der Waals surface area contributed by atoms with E-state index in [9.17, 15) is 19.2 Å². The van der Waals surface area contributed by atoms with E-state index >= 15 is 0 Å². The van der Waals surface area contributed by atoms with Crippen LogP contribution in [0.4, 0.5) is 0 Å². The second-order valence-corrected chi connectivity index (χ2v) is 29.3. The van der Waals surface area contributed by atoms with Crippen LogP contribution in [0.25, 0.3) is 0 Å². The minimum atomic E-state index is -2.33. The number of esters is 1. The fourth-order valence-electron chi connectivity index (χ4n) is 10.7. The maximum absolute atomic E-state index is 15.0. The van der Waals surface area contributed by atoms with E-state index in [-0.39, 0.29) is 30.3 Å². The third kappa shape index (κ3) is 14.3. The lowest BCUT2D eigenvalue weighted by Gasteiger charge is -2.51. The zero-order valence-corrected chi connectivity index (χ0v) is 50.3. The van der Waals surface area contributed by atoms with Gasteiger partial charge in [0.2, 0.25) is 11.8 Å². The van der Waals surface area contributed by atoms with Gasteiger partial charge in [-0.05, 0) is 121 Å². The number of hydrogen-bond donors (Lipinski definition) is 3. The molecule has 0 aliphatic carbocycles. The Bertz CT molecular complexity index is 2080. The van der Waals surface area contributed by atoms with E-state index in [0.717, 1.165) is 16.9 Å². The second kappa shape index (κ2) is 25.0. The fourth-order valence-corrected chi connectivity index (χ4v) is 16.8. The molecular formula is C53H83BI2N4O10Si. The van der Waals surface area contributed by atoms with E-state index in [1.165, 1.54) is 5.01 Å². The predicted molar refractivity (Wildman–Crippen MR) is 299 cm³/mol. The van der Waals surface area contributed by atoms with Crippen LogP contribution in [0.2, 0.25) is 16.6 Å². The Morgan fingerprint density at radius 1 is 0.944 bits per heavy atom. The van der Waals surface area contributed by atoms with Crippen LogP contribution in [0.15, 0.2) is 56.1 Å². The molecular weight excluding hydrogens is 1150 g/mol. The smallest absolute Gasteiger partial charge is 0.486 e. The molecule has 14 nitrogen and oxygen atoms in total. The van der Waals surface area contributed by atoms with Crippen LogP contribution in [-0.4, -0.2) is 104 Å². The number of benzene rings is 1. The molecule has 0 spiro atoms. The Hall–Kier alpha value is -2.34. The van der Waals surface area contributed by atoms with Gasteiger partial charge in [-0.25, -0.2) is 5.43 Å². The molecule has 4 heterocycles. The van der Waals surface area contributed by atoms with E-state index in [0.29, 0.717) is 55.3 Å². The number of amides is 3. The first-order valence-electron chi connectivity index (χ1n) is 25.8. The Morgan fingerprint density at radius 3 is 2.18 bits per heavy atom. The number of nitrogens with one attached hydrogen (secondary N) is 3. The van der Waals surface area contributed by atoms with Gasteiger partial charge in [-0.3, -0.25) is 24.2 Å². The Morgan fingerprint density at radius 2 is 1.59 bits per heavy atom. The monoisotopic (exact) mass is 1230 g/mol. The Balaban J connectivity index is 1.38. The summed E-state index contributed by atoms with van der Waals surface area (Å²) in [6, 6.07) is 4.95. The number of fused-ring (bicyclic) bond motifs is 2. The summed E-state index contributed by atoms with van der Waals surface area (Å²) in [6.07, 6.45) is 5.27. The molecule has 1 aromatic rings. The molecule has 4 saturated heterocycles. The highest BCUT2D eigenvalue weighted by molar-refractivity contribution is 14.1. The van der Waals surface area contributed by atoms with Gasteiger partial charge < -0.3 is 38.6 Å². The van der Waals surface area contributed by atoms with Crippen LogP contribution in [0, 0.1) is 17.8 Å². The molecule has 3 amide bonds. The number of ether oxygens (including phenoxy) is 3. The van der Waals surface area contributed by atoms with Crippen LogP contribution in [-0.2, 0) is 49.1 Å². The largest absolute Gasteiger partial charge is 0.543 e. The molecule has 3 N–H and O–H groups in total. The number of halogens is 2. The van der Waals surface area contributed by atoms with Crippen molar-refractivity contribution in [3.8, 4) is 5.75 Å². The zero-order valence-electron chi connectivity index (χ0n) is 44.9. The number of carbonyl (C=O) groups is 4. The fraction of sp³-hybridized carbons (Fsp3) is 0.698. The van der Waals surface area contributed by atoms with Crippen molar-refractivity contribution in [1.82, 2.24) is 21.1 Å². The van der Waals surface area contributed by atoms with E-state index in [2.05, 4.69) is 103 Å². The lowest BCUT2D eigenvalue weighted by molar-refractivity contribution is -0.344. The first kappa shape index (κ1) is 59.5. The van der Waals surface area contributed by atoms with Crippen LogP contribution < -0.4 is 20.5 Å². The molecule has 5 rings (SSSR count). The summed E-state index contributed by atoms with van der Waals surface area (Å²) in [5.74, 6) is -0.812. The minimum absolute atomic E-state index is 0.104. The lowest BCUT2D eigenvalue weighted by atomic mass is 9.79. The molecule has 18 heteroatoms. The van der Waals surface area contributed by atoms with Gasteiger partial charge in [0.1, 0.15) is 30.0 Å². The molecule has 4 aliphatic heterocycles. The van der Waals surface area contributed by atoms with Crippen molar-refractivity contribution < 1.29 is 47.1 Å². The van der Waals surface area contributed by atoms with Gasteiger partial charge in [0.25, 0.3) is 14.2 Å². The SMILES string of the molecule is C/C(=C\I)C(C/C=C/B1OC(C)(C)C(C)(C)O1)OC(=O)C1CCCN(C(=O)C(Cc2cccc(O[Si](C(C)C)(C(C)C)C(C)C)c2)NC(=O)C(NC(=O)C2CCC3(C)OC(/C=C/I)C(C)C2O3)C(C)C)N1. The maximum Gasteiger partial charge on any atom is 0.486 e. The summed E-state index contributed by atoms with van der Waals surface area (Å²) < 4.78 is 42.0. The zero-order chi connectivity index (χ0) is 52.8. The summed E-state index contributed by atoms with van der Waals surface area (Å²) in [5, 5.41) is 7.60. The van der Waals surface area contributed by atoms with Crippen LogP contribution in [0.5, 0.6) is 5.75 Å². The van der Waals surface area contributed by atoms with Crippen molar-refractivity contribution in [2.75, 3.05) is 6.54 Å². The average Bonchev–Trinajstić information content (AvgIpc) is 3.51. The summed E-state index contributed by atoms with van der Waals surface area (Å²) >= 11 is 4.32. The number of carbonyl (C=O) groups excluding carboxylic acids is 4. The van der Waals surface area contributed by atoms with Crippen LogP contribution in [0.1, 0.15) is 142 Å². The molecule has 1 aromatic carbocycles. The number of nitrogens with zero attached hydrogens (tertiary/aromatic N) is 1.